The fourth-order valence-electron chi connectivity index (χ4n) is 3.86. The Kier molecular flexibility index (Phi) is 5.14. The highest BCUT2D eigenvalue weighted by Gasteiger charge is 2.19. The van der Waals surface area contributed by atoms with Gasteiger partial charge in [0.05, 0.1) is 0 Å². The molecule has 0 unspecified atom stereocenters. The van der Waals surface area contributed by atoms with Crippen LogP contribution < -0.4 is 10.6 Å². The predicted molar refractivity (Wildman–Crippen MR) is 90.4 cm³/mol. The highest BCUT2D eigenvalue weighted by atomic mass is 16.1. The summed E-state index contributed by atoms with van der Waals surface area (Å²) in [7, 11) is 0. The number of carbonyl (C=O) groups is 1. The maximum absolute atomic E-state index is 12.5. The highest BCUT2D eigenvalue weighted by molar-refractivity contribution is 5.95. The van der Waals surface area contributed by atoms with Crippen molar-refractivity contribution >= 4 is 5.91 Å². The van der Waals surface area contributed by atoms with Gasteiger partial charge in [-0.25, -0.2) is 0 Å². The van der Waals surface area contributed by atoms with Crippen molar-refractivity contribution in [2.45, 2.75) is 63.8 Å². The lowest BCUT2D eigenvalue weighted by Crippen LogP contribution is -2.36. The number of piperidine rings is 1. The Bertz CT molecular complexity index is 514. The van der Waals surface area contributed by atoms with E-state index in [1.54, 1.807) is 0 Å². The van der Waals surface area contributed by atoms with Crippen LogP contribution in [0.15, 0.2) is 18.2 Å². The summed E-state index contributed by atoms with van der Waals surface area (Å²) in [4.78, 5) is 12.5. The average Bonchev–Trinajstić information content (AvgIpc) is 2.56. The molecule has 1 saturated carbocycles. The number of carbonyl (C=O) groups excluding carboxylic acids is 1. The van der Waals surface area contributed by atoms with Gasteiger partial charge in [-0.05, 0) is 68.8 Å². The van der Waals surface area contributed by atoms with Crippen molar-refractivity contribution in [1.29, 1.82) is 0 Å². The van der Waals surface area contributed by atoms with Crippen molar-refractivity contribution in [1.82, 2.24) is 10.6 Å². The minimum atomic E-state index is 0.112. The van der Waals surface area contributed by atoms with Gasteiger partial charge in [-0.1, -0.05) is 31.4 Å². The second-order valence-corrected chi connectivity index (χ2v) is 6.91. The van der Waals surface area contributed by atoms with Crippen LogP contribution in [0, 0.1) is 6.92 Å². The lowest BCUT2D eigenvalue weighted by molar-refractivity contribution is 0.0927. The molecule has 3 heteroatoms. The molecule has 22 heavy (non-hydrogen) atoms. The van der Waals surface area contributed by atoms with Crippen LogP contribution in [0.4, 0.5) is 0 Å². The zero-order valence-electron chi connectivity index (χ0n) is 13.7. The monoisotopic (exact) mass is 300 g/mol. The maximum Gasteiger partial charge on any atom is 0.251 e. The smallest absolute Gasteiger partial charge is 0.251 e. The summed E-state index contributed by atoms with van der Waals surface area (Å²) in [6, 6.07) is 6.81. The molecule has 0 bridgehead atoms. The van der Waals surface area contributed by atoms with Gasteiger partial charge in [0.1, 0.15) is 0 Å². The molecule has 1 amide bonds. The van der Waals surface area contributed by atoms with Crippen molar-refractivity contribution in [3.8, 4) is 0 Å². The van der Waals surface area contributed by atoms with Crippen molar-refractivity contribution in [3.05, 3.63) is 34.9 Å². The normalized spacial score (nSPS) is 20.8. The van der Waals surface area contributed by atoms with E-state index in [2.05, 4.69) is 29.7 Å². The summed E-state index contributed by atoms with van der Waals surface area (Å²) in [5.41, 5.74) is 3.36. The van der Waals surface area contributed by atoms with E-state index in [0.29, 0.717) is 12.0 Å². The predicted octanol–water partition coefficient (Wildman–Crippen LogP) is 3.52. The van der Waals surface area contributed by atoms with Crippen molar-refractivity contribution in [2.24, 2.45) is 0 Å². The van der Waals surface area contributed by atoms with Gasteiger partial charge in [0.2, 0.25) is 0 Å². The van der Waals surface area contributed by atoms with Crippen LogP contribution in [0.5, 0.6) is 0 Å². The average molecular weight is 300 g/mol. The Labute approximate surface area is 133 Å². The first-order valence-corrected chi connectivity index (χ1v) is 8.86. The van der Waals surface area contributed by atoms with Crippen LogP contribution >= 0.6 is 0 Å². The zero-order chi connectivity index (χ0) is 15.4. The molecule has 1 aliphatic carbocycles. The Morgan fingerprint density at radius 2 is 1.82 bits per heavy atom. The van der Waals surface area contributed by atoms with E-state index >= 15 is 0 Å². The summed E-state index contributed by atoms with van der Waals surface area (Å²) in [6.07, 6.45) is 8.49. The molecular formula is C19H28N2O. The lowest BCUT2D eigenvalue weighted by Gasteiger charge is -2.25. The standard InChI is InChI=1S/C19H28N2O/c1-14-13-16(15-9-11-20-12-10-15)7-8-18(14)19(22)21-17-5-3-2-4-6-17/h7-8,13,15,17,20H,2-6,9-12H2,1H3,(H,21,22). The molecule has 0 radical (unpaired) electrons. The second kappa shape index (κ2) is 7.28. The molecule has 1 aliphatic heterocycles. The quantitative estimate of drug-likeness (QED) is 0.896. The molecule has 120 valence electrons. The highest BCUT2D eigenvalue weighted by Crippen LogP contribution is 2.27. The van der Waals surface area contributed by atoms with E-state index in [4.69, 9.17) is 0 Å². The summed E-state index contributed by atoms with van der Waals surface area (Å²) < 4.78 is 0. The van der Waals surface area contributed by atoms with Crippen LogP contribution in [0.1, 0.15) is 72.3 Å². The number of nitrogens with one attached hydrogen (secondary N) is 2. The van der Waals surface area contributed by atoms with E-state index < -0.39 is 0 Å². The van der Waals surface area contributed by atoms with E-state index in [0.717, 1.165) is 37.1 Å². The fraction of sp³-hybridized carbons (Fsp3) is 0.632. The minimum absolute atomic E-state index is 0.112. The molecule has 1 heterocycles. The molecule has 2 fully saturated rings. The van der Waals surface area contributed by atoms with Crippen LogP contribution in [0.25, 0.3) is 0 Å². The Hall–Kier alpha value is -1.35. The van der Waals surface area contributed by atoms with Crippen LogP contribution in [-0.2, 0) is 0 Å². The Morgan fingerprint density at radius 3 is 2.50 bits per heavy atom. The van der Waals surface area contributed by atoms with Gasteiger partial charge in [0, 0.05) is 11.6 Å². The third kappa shape index (κ3) is 3.70. The molecule has 2 N–H and O–H groups in total. The van der Waals surface area contributed by atoms with Gasteiger partial charge < -0.3 is 10.6 Å². The van der Waals surface area contributed by atoms with Crippen LogP contribution in [-0.4, -0.2) is 25.0 Å². The van der Waals surface area contributed by atoms with Gasteiger partial charge in [0.25, 0.3) is 5.91 Å². The van der Waals surface area contributed by atoms with Crippen molar-refractivity contribution < 1.29 is 4.79 Å². The first-order chi connectivity index (χ1) is 10.7. The van der Waals surface area contributed by atoms with E-state index in [9.17, 15) is 4.79 Å². The molecule has 1 aromatic rings. The van der Waals surface area contributed by atoms with E-state index in [-0.39, 0.29) is 5.91 Å². The summed E-state index contributed by atoms with van der Waals surface area (Å²) in [5, 5.41) is 6.64. The molecular weight excluding hydrogens is 272 g/mol. The van der Waals surface area contributed by atoms with Gasteiger partial charge in [0.15, 0.2) is 0 Å². The summed E-state index contributed by atoms with van der Waals surface area (Å²) >= 11 is 0. The van der Waals surface area contributed by atoms with Crippen LogP contribution in [0.2, 0.25) is 0 Å². The number of hydrogen-bond acceptors (Lipinski definition) is 2. The first-order valence-electron chi connectivity index (χ1n) is 8.86. The summed E-state index contributed by atoms with van der Waals surface area (Å²) in [5.74, 6) is 0.761. The van der Waals surface area contributed by atoms with Gasteiger partial charge in [-0.2, -0.15) is 0 Å². The SMILES string of the molecule is Cc1cc(C2CCNCC2)ccc1C(=O)NC1CCCCC1. The molecule has 2 aliphatic rings. The number of rotatable bonds is 3. The third-order valence-electron chi connectivity index (χ3n) is 5.25. The Balaban J connectivity index is 1.66. The lowest BCUT2D eigenvalue weighted by atomic mass is 9.88. The molecule has 0 atom stereocenters. The minimum Gasteiger partial charge on any atom is -0.349 e. The maximum atomic E-state index is 12.5. The fourth-order valence-corrected chi connectivity index (χ4v) is 3.86. The number of benzene rings is 1. The second-order valence-electron chi connectivity index (χ2n) is 6.91. The summed E-state index contributed by atoms with van der Waals surface area (Å²) in [6.45, 7) is 4.28. The molecule has 0 aromatic heterocycles. The molecule has 3 nitrogen and oxygen atoms in total. The molecule has 3 rings (SSSR count). The van der Waals surface area contributed by atoms with Crippen molar-refractivity contribution in [3.63, 3.8) is 0 Å². The van der Waals surface area contributed by atoms with Crippen LogP contribution in [0.3, 0.4) is 0 Å². The van der Waals surface area contributed by atoms with Gasteiger partial charge in [-0.3, -0.25) is 4.79 Å². The van der Waals surface area contributed by atoms with Gasteiger partial charge in [-0.15, -0.1) is 0 Å². The number of amides is 1. The van der Waals surface area contributed by atoms with E-state index in [1.165, 1.54) is 37.7 Å². The third-order valence-corrected chi connectivity index (χ3v) is 5.25. The molecule has 1 saturated heterocycles. The van der Waals surface area contributed by atoms with Crippen molar-refractivity contribution in [2.75, 3.05) is 13.1 Å². The molecule has 1 aromatic carbocycles. The largest absolute Gasteiger partial charge is 0.349 e. The number of aryl methyl sites for hydroxylation is 1. The molecule has 0 spiro atoms. The van der Waals surface area contributed by atoms with Gasteiger partial charge >= 0.3 is 0 Å². The van der Waals surface area contributed by atoms with E-state index in [1.807, 2.05) is 6.07 Å². The zero-order valence-corrected chi connectivity index (χ0v) is 13.7. The topological polar surface area (TPSA) is 41.1 Å². The first kappa shape index (κ1) is 15.5. The number of hydrogen-bond donors (Lipinski definition) is 2. The Morgan fingerprint density at radius 1 is 1.09 bits per heavy atom.